The maximum absolute atomic E-state index is 12.1. The second-order valence-electron chi connectivity index (χ2n) is 5.44. The number of amides is 3. The highest BCUT2D eigenvalue weighted by atomic mass is 16.3. The fourth-order valence-corrected chi connectivity index (χ4v) is 2.35. The van der Waals surface area contributed by atoms with Crippen LogP contribution in [0.4, 0.5) is 4.79 Å². The Morgan fingerprint density at radius 1 is 1.08 bits per heavy atom. The van der Waals surface area contributed by atoms with Gasteiger partial charge in [-0.3, -0.25) is 4.79 Å². The lowest BCUT2D eigenvalue weighted by Crippen LogP contribution is -2.42. The first-order valence-corrected chi connectivity index (χ1v) is 8.07. The summed E-state index contributed by atoms with van der Waals surface area (Å²) in [4.78, 5) is 23.7. The Kier molecular flexibility index (Phi) is 6.89. The van der Waals surface area contributed by atoms with Crippen LogP contribution < -0.4 is 16.0 Å². The molecule has 1 aromatic heterocycles. The molecule has 0 bridgehead atoms. The molecule has 1 heterocycles. The first kappa shape index (κ1) is 17.6. The second-order valence-corrected chi connectivity index (χ2v) is 5.44. The van der Waals surface area contributed by atoms with E-state index in [9.17, 15) is 9.59 Å². The first-order valence-electron chi connectivity index (χ1n) is 8.07. The fraction of sp³-hybridized carbons (Fsp3) is 0.333. The van der Waals surface area contributed by atoms with Gasteiger partial charge in [-0.15, -0.1) is 0 Å². The molecule has 128 valence electrons. The molecule has 2 rings (SSSR count). The maximum Gasteiger partial charge on any atom is 0.315 e. The topological polar surface area (TPSA) is 83.4 Å². The number of hydrogen-bond acceptors (Lipinski definition) is 3. The summed E-state index contributed by atoms with van der Waals surface area (Å²) in [6.45, 7) is 2.28. The number of rotatable bonds is 8. The normalized spacial score (nSPS) is 11.5. The van der Waals surface area contributed by atoms with Crippen molar-refractivity contribution in [3.63, 3.8) is 0 Å². The van der Waals surface area contributed by atoms with Crippen LogP contribution in [0.1, 0.15) is 37.1 Å². The van der Waals surface area contributed by atoms with Crippen molar-refractivity contribution in [1.82, 2.24) is 16.0 Å². The van der Waals surface area contributed by atoms with Crippen molar-refractivity contribution in [1.29, 1.82) is 0 Å². The van der Waals surface area contributed by atoms with Crippen molar-refractivity contribution in [2.75, 3.05) is 6.54 Å². The molecule has 1 atom stereocenters. The van der Waals surface area contributed by atoms with Crippen molar-refractivity contribution in [2.45, 2.75) is 32.4 Å². The zero-order chi connectivity index (χ0) is 17.2. The summed E-state index contributed by atoms with van der Waals surface area (Å²) in [5, 5.41) is 8.13. The van der Waals surface area contributed by atoms with Gasteiger partial charge in [0, 0.05) is 0 Å². The van der Waals surface area contributed by atoms with Gasteiger partial charge in [-0.2, -0.15) is 0 Å². The molecular weight excluding hydrogens is 306 g/mol. The van der Waals surface area contributed by atoms with Crippen LogP contribution in [-0.4, -0.2) is 18.5 Å². The molecule has 1 aromatic carbocycles. The highest BCUT2D eigenvalue weighted by Crippen LogP contribution is 2.17. The number of nitrogens with one attached hydrogen (secondary N) is 3. The molecular formula is C18H23N3O3. The van der Waals surface area contributed by atoms with Crippen molar-refractivity contribution < 1.29 is 14.0 Å². The predicted octanol–water partition coefficient (Wildman–Crippen LogP) is 2.74. The molecule has 0 spiro atoms. The highest BCUT2D eigenvalue weighted by Gasteiger charge is 2.14. The molecule has 0 unspecified atom stereocenters. The van der Waals surface area contributed by atoms with Gasteiger partial charge in [0.25, 0.3) is 0 Å². The predicted molar refractivity (Wildman–Crippen MR) is 91.2 cm³/mol. The molecule has 3 N–H and O–H groups in total. The quantitative estimate of drug-likeness (QED) is 0.696. The molecule has 3 amide bonds. The number of carbonyl (C=O) groups excluding carboxylic acids is 2. The molecule has 0 aliphatic rings. The molecule has 0 aliphatic carbocycles. The molecule has 24 heavy (non-hydrogen) atoms. The van der Waals surface area contributed by atoms with Crippen molar-refractivity contribution >= 4 is 11.9 Å². The average molecular weight is 329 g/mol. The third-order valence-corrected chi connectivity index (χ3v) is 3.53. The third-order valence-electron chi connectivity index (χ3n) is 3.53. The van der Waals surface area contributed by atoms with E-state index in [1.54, 1.807) is 18.4 Å². The zero-order valence-electron chi connectivity index (χ0n) is 13.7. The minimum absolute atomic E-state index is 0.0447. The molecule has 0 aliphatic heterocycles. The minimum atomic E-state index is -0.409. The lowest BCUT2D eigenvalue weighted by molar-refractivity contribution is -0.120. The summed E-state index contributed by atoms with van der Waals surface area (Å²) < 4.78 is 5.12. The summed E-state index contributed by atoms with van der Waals surface area (Å²) in [5.74, 6) is 0.437. The Bertz CT molecular complexity index is 626. The molecule has 0 fully saturated rings. The van der Waals surface area contributed by atoms with Gasteiger partial charge in [0.15, 0.2) is 0 Å². The van der Waals surface area contributed by atoms with Gasteiger partial charge in [-0.1, -0.05) is 43.7 Å². The Hall–Kier alpha value is -2.76. The van der Waals surface area contributed by atoms with E-state index in [1.165, 1.54) is 0 Å². The number of hydrogen-bond donors (Lipinski definition) is 3. The van der Waals surface area contributed by atoms with Gasteiger partial charge in [0.05, 0.1) is 25.4 Å². The molecule has 6 heteroatoms. The summed E-state index contributed by atoms with van der Waals surface area (Å²) in [5.41, 5.74) is 1.06. The Labute approximate surface area is 141 Å². The van der Waals surface area contributed by atoms with Crippen LogP contribution in [-0.2, 0) is 11.3 Å². The summed E-state index contributed by atoms with van der Waals surface area (Å²) in [6, 6.07) is 12.9. The zero-order valence-corrected chi connectivity index (χ0v) is 13.7. The van der Waals surface area contributed by atoms with Crippen LogP contribution in [0.2, 0.25) is 0 Å². The minimum Gasteiger partial charge on any atom is -0.467 e. The standard InChI is InChI=1S/C18H23N3O3/c1-2-7-16(14-8-4-3-5-9-14)21-17(22)13-20-18(23)19-12-15-10-6-11-24-15/h3-6,8-11,16H,2,7,12-13H2,1H3,(H,21,22)(H2,19,20,23)/t16-/m0/s1. The van der Waals surface area contributed by atoms with Gasteiger partial charge in [0.1, 0.15) is 5.76 Å². The number of carbonyl (C=O) groups is 2. The SMILES string of the molecule is CCC[C@H](NC(=O)CNC(=O)NCc1ccco1)c1ccccc1. The fourth-order valence-electron chi connectivity index (χ4n) is 2.35. The monoisotopic (exact) mass is 329 g/mol. The van der Waals surface area contributed by atoms with Crippen LogP contribution >= 0.6 is 0 Å². The van der Waals surface area contributed by atoms with Gasteiger partial charge in [-0.05, 0) is 24.1 Å². The van der Waals surface area contributed by atoms with E-state index in [-0.39, 0.29) is 25.0 Å². The lowest BCUT2D eigenvalue weighted by Gasteiger charge is -2.18. The van der Waals surface area contributed by atoms with E-state index >= 15 is 0 Å². The Balaban J connectivity index is 1.75. The lowest BCUT2D eigenvalue weighted by atomic mass is 10.0. The Morgan fingerprint density at radius 2 is 1.88 bits per heavy atom. The van der Waals surface area contributed by atoms with E-state index in [0.29, 0.717) is 5.76 Å². The van der Waals surface area contributed by atoms with E-state index in [4.69, 9.17) is 4.42 Å². The van der Waals surface area contributed by atoms with Crippen LogP contribution in [0.25, 0.3) is 0 Å². The number of furan rings is 1. The molecule has 2 aromatic rings. The summed E-state index contributed by atoms with van der Waals surface area (Å²) >= 11 is 0. The van der Waals surface area contributed by atoms with Crippen LogP contribution in [0.5, 0.6) is 0 Å². The number of urea groups is 1. The van der Waals surface area contributed by atoms with Crippen LogP contribution in [0.3, 0.4) is 0 Å². The van der Waals surface area contributed by atoms with E-state index in [0.717, 1.165) is 18.4 Å². The molecule has 0 radical (unpaired) electrons. The Morgan fingerprint density at radius 3 is 2.54 bits per heavy atom. The average Bonchev–Trinajstić information content (AvgIpc) is 3.12. The first-order chi connectivity index (χ1) is 11.7. The van der Waals surface area contributed by atoms with Crippen LogP contribution in [0.15, 0.2) is 53.1 Å². The van der Waals surface area contributed by atoms with E-state index < -0.39 is 6.03 Å². The van der Waals surface area contributed by atoms with Crippen molar-refractivity contribution in [3.05, 3.63) is 60.1 Å². The number of benzene rings is 1. The van der Waals surface area contributed by atoms with Crippen molar-refractivity contribution in [2.24, 2.45) is 0 Å². The summed E-state index contributed by atoms with van der Waals surface area (Å²) in [6.07, 6.45) is 3.34. The van der Waals surface area contributed by atoms with Crippen molar-refractivity contribution in [3.8, 4) is 0 Å². The molecule has 0 saturated heterocycles. The summed E-state index contributed by atoms with van der Waals surface area (Å²) in [7, 11) is 0. The van der Waals surface area contributed by atoms with E-state index in [2.05, 4.69) is 22.9 Å². The third kappa shape index (κ3) is 5.79. The van der Waals surface area contributed by atoms with Gasteiger partial charge in [-0.25, -0.2) is 4.79 Å². The smallest absolute Gasteiger partial charge is 0.315 e. The second kappa shape index (κ2) is 9.39. The molecule has 0 saturated carbocycles. The van der Waals surface area contributed by atoms with Gasteiger partial charge in [0.2, 0.25) is 5.91 Å². The highest BCUT2D eigenvalue weighted by molar-refractivity contribution is 5.84. The van der Waals surface area contributed by atoms with Gasteiger partial charge >= 0.3 is 6.03 Å². The maximum atomic E-state index is 12.1. The van der Waals surface area contributed by atoms with Gasteiger partial charge < -0.3 is 20.4 Å². The van der Waals surface area contributed by atoms with E-state index in [1.807, 2.05) is 30.3 Å². The largest absolute Gasteiger partial charge is 0.467 e. The molecule has 6 nitrogen and oxygen atoms in total. The van der Waals surface area contributed by atoms with Crippen LogP contribution in [0, 0.1) is 0 Å².